The minimum absolute atomic E-state index is 0.291. The fourth-order valence-corrected chi connectivity index (χ4v) is 1.94. The maximum atomic E-state index is 12.3. The number of nitrogens with zero attached hydrogens (tertiary/aromatic N) is 1. The average molecular weight is 370 g/mol. The standard InChI is InChI=1S/C15H14BrClN2O2/c1-15(2,21-12-6-3-10(16)4-7-12)14(20)19-13-8-5-11(17)9-18-13/h3-9H,1-2H3,(H,18,19,20). The Morgan fingerprint density at radius 1 is 1.24 bits per heavy atom. The van der Waals surface area contributed by atoms with E-state index in [1.165, 1.54) is 6.20 Å². The highest BCUT2D eigenvalue weighted by Crippen LogP contribution is 2.22. The molecule has 0 atom stereocenters. The molecular formula is C15H14BrClN2O2. The molecule has 0 aliphatic rings. The number of ether oxygens (including phenoxy) is 1. The molecule has 0 bridgehead atoms. The van der Waals surface area contributed by atoms with Crippen LogP contribution in [0.5, 0.6) is 5.75 Å². The lowest BCUT2D eigenvalue weighted by molar-refractivity contribution is -0.128. The van der Waals surface area contributed by atoms with Crippen LogP contribution >= 0.6 is 27.5 Å². The molecule has 2 rings (SSSR count). The number of halogens is 2. The van der Waals surface area contributed by atoms with E-state index in [1.807, 2.05) is 12.1 Å². The molecule has 0 fully saturated rings. The molecular weight excluding hydrogens is 356 g/mol. The fourth-order valence-electron chi connectivity index (χ4n) is 1.56. The van der Waals surface area contributed by atoms with Gasteiger partial charge in [-0.05, 0) is 50.2 Å². The Balaban J connectivity index is 2.05. The van der Waals surface area contributed by atoms with Gasteiger partial charge in [0.15, 0.2) is 5.60 Å². The van der Waals surface area contributed by atoms with E-state index in [0.29, 0.717) is 16.6 Å². The van der Waals surface area contributed by atoms with Crippen LogP contribution in [0.25, 0.3) is 0 Å². The van der Waals surface area contributed by atoms with Gasteiger partial charge in [-0.15, -0.1) is 0 Å². The summed E-state index contributed by atoms with van der Waals surface area (Å²) in [6, 6.07) is 10.6. The summed E-state index contributed by atoms with van der Waals surface area (Å²) in [7, 11) is 0. The van der Waals surface area contributed by atoms with Crippen LogP contribution in [0.15, 0.2) is 47.1 Å². The molecule has 4 nitrogen and oxygen atoms in total. The summed E-state index contributed by atoms with van der Waals surface area (Å²) in [5.41, 5.74) is -1.03. The van der Waals surface area contributed by atoms with Gasteiger partial charge in [-0.3, -0.25) is 4.79 Å². The molecule has 6 heteroatoms. The van der Waals surface area contributed by atoms with Crippen LogP contribution in [-0.4, -0.2) is 16.5 Å². The molecule has 1 heterocycles. The first-order chi connectivity index (χ1) is 9.87. The number of aromatic nitrogens is 1. The summed E-state index contributed by atoms with van der Waals surface area (Å²) >= 11 is 9.10. The van der Waals surface area contributed by atoms with Gasteiger partial charge in [0.25, 0.3) is 5.91 Å². The van der Waals surface area contributed by atoms with Crippen molar-refractivity contribution in [1.29, 1.82) is 0 Å². The van der Waals surface area contributed by atoms with Gasteiger partial charge >= 0.3 is 0 Å². The Kier molecular flexibility index (Phi) is 4.85. The van der Waals surface area contributed by atoms with Gasteiger partial charge in [0.05, 0.1) is 5.02 Å². The average Bonchev–Trinajstić information content (AvgIpc) is 2.43. The first-order valence-corrected chi connectivity index (χ1v) is 7.41. The number of hydrogen-bond donors (Lipinski definition) is 1. The van der Waals surface area contributed by atoms with E-state index in [4.69, 9.17) is 16.3 Å². The van der Waals surface area contributed by atoms with Gasteiger partial charge in [-0.2, -0.15) is 0 Å². The molecule has 0 saturated carbocycles. The van der Waals surface area contributed by atoms with E-state index in [2.05, 4.69) is 26.2 Å². The Labute approximate surface area is 136 Å². The van der Waals surface area contributed by atoms with Crippen molar-refractivity contribution < 1.29 is 9.53 Å². The molecule has 0 spiro atoms. The van der Waals surface area contributed by atoms with Crippen molar-refractivity contribution in [1.82, 2.24) is 4.98 Å². The number of pyridine rings is 1. The molecule has 0 aliphatic heterocycles. The lowest BCUT2D eigenvalue weighted by atomic mass is 10.1. The van der Waals surface area contributed by atoms with E-state index >= 15 is 0 Å². The summed E-state index contributed by atoms with van der Waals surface area (Å²) in [5, 5.41) is 3.21. The van der Waals surface area contributed by atoms with Crippen molar-refractivity contribution >= 4 is 39.3 Å². The van der Waals surface area contributed by atoms with Crippen LogP contribution < -0.4 is 10.1 Å². The first-order valence-electron chi connectivity index (χ1n) is 6.24. The molecule has 21 heavy (non-hydrogen) atoms. The number of nitrogens with one attached hydrogen (secondary N) is 1. The largest absolute Gasteiger partial charge is 0.478 e. The maximum Gasteiger partial charge on any atom is 0.269 e. The quantitative estimate of drug-likeness (QED) is 0.874. The fraction of sp³-hybridized carbons (Fsp3) is 0.200. The van der Waals surface area contributed by atoms with E-state index < -0.39 is 5.60 Å². The minimum atomic E-state index is -1.03. The van der Waals surface area contributed by atoms with Gasteiger partial charge in [0.2, 0.25) is 0 Å². The van der Waals surface area contributed by atoms with Crippen LogP contribution in [-0.2, 0) is 4.79 Å². The zero-order valence-corrected chi connectivity index (χ0v) is 13.9. The zero-order valence-electron chi connectivity index (χ0n) is 11.6. The third-order valence-corrected chi connectivity index (χ3v) is 3.45. The van der Waals surface area contributed by atoms with Crippen LogP contribution in [0.3, 0.4) is 0 Å². The van der Waals surface area contributed by atoms with Gasteiger partial charge in [0, 0.05) is 10.7 Å². The van der Waals surface area contributed by atoms with Gasteiger partial charge in [0.1, 0.15) is 11.6 Å². The molecule has 0 unspecified atom stereocenters. The predicted octanol–water partition coefficient (Wildman–Crippen LogP) is 4.29. The van der Waals surface area contributed by atoms with Crippen molar-refractivity contribution in [2.75, 3.05) is 5.32 Å². The SMILES string of the molecule is CC(C)(Oc1ccc(Br)cc1)C(=O)Nc1ccc(Cl)cn1. The summed E-state index contributed by atoms with van der Waals surface area (Å²) in [5.74, 6) is 0.750. The molecule has 2 aromatic rings. The van der Waals surface area contributed by atoms with Crippen molar-refractivity contribution in [3.63, 3.8) is 0 Å². The third-order valence-electron chi connectivity index (χ3n) is 2.70. The van der Waals surface area contributed by atoms with E-state index in [0.717, 1.165) is 4.47 Å². The van der Waals surface area contributed by atoms with Gasteiger partial charge in [-0.1, -0.05) is 27.5 Å². The Hall–Kier alpha value is -1.59. The number of rotatable bonds is 4. The number of carbonyl (C=O) groups excluding carboxylic acids is 1. The Morgan fingerprint density at radius 3 is 2.48 bits per heavy atom. The summed E-state index contributed by atoms with van der Waals surface area (Å²) in [6.45, 7) is 3.39. The number of amides is 1. The second-order valence-electron chi connectivity index (χ2n) is 4.88. The molecule has 0 aliphatic carbocycles. The number of carbonyl (C=O) groups is 1. The smallest absolute Gasteiger partial charge is 0.269 e. The Bertz CT molecular complexity index is 627. The molecule has 1 aromatic heterocycles. The highest BCUT2D eigenvalue weighted by molar-refractivity contribution is 9.10. The second kappa shape index (κ2) is 6.45. The number of anilines is 1. The molecule has 110 valence electrons. The van der Waals surface area contributed by atoms with Gasteiger partial charge in [-0.25, -0.2) is 4.98 Å². The lowest BCUT2D eigenvalue weighted by Gasteiger charge is -2.25. The number of benzene rings is 1. The topological polar surface area (TPSA) is 51.2 Å². The lowest BCUT2D eigenvalue weighted by Crippen LogP contribution is -2.42. The maximum absolute atomic E-state index is 12.3. The van der Waals surface area contributed by atoms with E-state index in [1.54, 1.807) is 38.1 Å². The molecule has 0 radical (unpaired) electrons. The summed E-state index contributed by atoms with van der Waals surface area (Å²) in [4.78, 5) is 16.3. The van der Waals surface area contributed by atoms with E-state index in [-0.39, 0.29) is 5.91 Å². The van der Waals surface area contributed by atoms with Crippen LogP contribution in [0.1, 0.15) is 13.8 Å². The minimum Gasteiger partial charge on any atom is -0.478 e. The highest BCUT2D eigenvalue weighted by Gasteiger charge is 2.30. The van der Waals surface area contributed by atoms with Crippen molar-refractivity contribution in [3.05, 3.63) is 52.1 Å². The monoisotopic (exact) mass is 368 g/mol. The molecule has 1 aromatic carbocycles. The van der Waals surface area contributed by atoms with Gasteiger partial charge < -0.3 is 10.1 Å². The predicted molar refractivity (Wildman–Crippen MR) is 86.7 cm³/mol. The zero-order chi connectivity index (χ0) is 15.5. The van der Waals surface area contributed by atoms with Crippen molar-refractivity contribution in [3.8, 4) is 5.75 Å². The number of hydrogen-bond acceptors (Lipinski definition) is 3. The first kappa shape index (κ1) is 15.8. The normalized spacial score (nSPS) is 11.0. The van der Waals surface area contributed by atoms with Crippen LogP contribution in [0.4, 0.5) is 5.82 Å². The van der Waals surface area contributed by atoms with E-state index in [9.17, 15) is 4.79 Å². The Morgan fingerprint density at radius 2 is 1.90 bits per heavy atom. The van der Waals surface area contributed by atoms with Crippen LogP contribution in [0, 0.1) is 0 Å². The second-order valence-corrected chi connectivity index (χ2v) is 6.23. The van der Waals surface area contributed by atoms with Crippen molar-refractivity contribution in [2.24, 2.45) is 0 Å². The molecule has 1 N–H and O–H groups in total. The molecule has 0 saturated heterocycles. The van der Waals surface area contributed by atoms with Crippen molar-refractivity contribution in [2.45, 2.75) is 19.4 Å². The summed E-state index contributed by atoms with van der Waals surface area (Å²) < 4.78 is 6.67. The van der Waals surface area contributed by atoms with Crippen LogP contribution in [0.2, 0.25) is 5.02 Å². The third kappa shape index (κ3) is 4.44. The highest BCUT2D eigenvalue weighted by atomic mass is 79.9. The molecule has 1 amide bonds. The summed E-state index contributed by atoms with van der Waals surface area (Å²) in [6.07, 6.45) is 1.47.